The van der Waals surface area contributed by atoms with E-state index < -0.39 is 5.69 Å². The lowest BCUT2D eigenvalue weighted by molar-refractivity contribution is 0.0971. The summed E-state index contributed by atoms with van der Waals surface area (Å²) in [4.78, 5) is 39.4. The van der Waals surface area contributed by atoms with Gasteiger partial charge in [-0.15, -0.1) is 0 Å². The van der Waals surface area contributed by atoms with Crippen molar-refractivity contribution in [1.82, 2.24) is 9.13 Å². The van der Waals surface area contributed by atoms with Gasteiger partial charge in [0.1, 0.15) is 0 Å². The first-order valence-corrected chi connectivity index (χ1v) is 10.9. The van der Waals surface area contributed by atoms with Gasteiger partial charge >= 0.3 is 5.69 Å². The van der Waals surface area contributed by atoms with Gasteiger partial charge in [0.2, 0.25) is 0 Å². The second-order valence-corrected chi connectivity index (χ2v) is 8.78. The predicted molar refractivity (Wildman–Crippen MR) is 118 cm³/mol. The second-order valence-electron chi connectivity index (χ2n) is 7.43. The Morgan fingerprint density at radius 3 is 2.41 bits per heavy atom. The molecule has 29 heavy (non-hydrogen) atoms. The first kappa shape index (κ1) is 20.1. The maximum absolute atomic E-state index is 13.3. The van der Waals surface area contributed by atoms with Crippen molar-refractivity contribution in [1.29, 1.82) is 0 Å². The molecule has 3 aromatic rings. The molecule has 0 aliphatic heterocycles. The summed E-state index contributed by atoms with van der Waals surface area (Å²) in [6.07, 6.45) is 4.72. The van der Waals surface area contributed by atoms with Gasteiger partial charge in [-0.1, -0.05) is 46.8 Å². The lowest BCUT2D eigenvalue weighted by Gasteiger charge is -2.24. The molecule has 1 aromatic heterocycles. The van der Waals surface area contributed by atoms with Crippen molar-refractivity contribution in [2.45, 2.75) is 44.7 Å². The van der Waals surface area contributed by atoms with Gasteiger partial charge in [0, 0.05) is 21.1 Å². The van der Waals surface area contributed by atoms with Crippen LogP contribution in [0.15, 0.2) is 56.5 Å². The summed E-state index contributed by atoms with van der Waals surface area (Å²) in [6.45, 7) is -0.133. The van der Waals surface area contributed by atoms with Gasteiger partial charge in [-0.25, -0.2) is 4.79 Å². The number of carbonyl (C=O) groups is 1. The Labute approximate surface area is 181 Å². The van der Waals surface area contributed by atoms with E-state index in [0.29, 0.717) is 21.5 Å². The molecule has 1 heterocycles. The summed E-state index contributed by atoms with van der Waals surface area (Å²) in [5, 5.41) is 0.980. The average Bonchev–Trinajstić information content (AvgIpc) is 2.72. The predicted octanol–water partition coefficient (Wildman–Crippen LogP) is 4.97. The summed E-state index contributed by atoms with van der Waals surface area (Å²) in [5.74, 6) is -0.207. The van der Waals surface area contributed by atoms with E-state index >= 15 is 0 Å². The SMILES string of the molecule is O=C(Cn1c(=O)n(C2CCCCC2)c(=O)c2cc(Br)ccc21)c1ccc(Cl)cc1. The molecule has 0 amide bonds. The van der Waals surface area contributed by atoms with Crippen molar-refractivity contribution in [2.75, 3.05) is 0 Å². The number of aromatic nitrogens is 2. The Morgan fingerprint density at radius 1 is 1.03 bits per heavy atom. The molecule has 0 N–H and O–H groups in total. The van der Waals surface area contributed by atoms with Crippen LogP contribution in [0, 0.1) is 0 Å². The fourth-order valence-electron chi connectivity index (χ4n) is 4.05. The molecule has 7 heteroatoms. The summed E-state index contributed by atoms with van der Waals surface area (Å²) in [7, 11) is 0. The van der Waals surface area contributed by atoms with E-state index in [-0.39, 0.29) is 23.9 Å². The Hall–Kier alpha value is -2.18. The molecular weight excluding hydrogens is 456 g/mol. The number of fused-ring (bicyclic) bond motifs is 1. The van der Waals surface area contributed by atoms with Crippen molar-refractivity contribution in [3.63, 3.8) is 0 Å². The number of ketones is 1. The first-order valence-electron chi connectivity index (χ1n) is 9.69. The number of carbonyl (C=O) groups excluding carboxylic acids is 1. The first-order chi connectivity index (χ1) is 14.0. The summed E-state index contributed by atoms with van der Waals surface area (Å²) in [5.41, 5.74) is 0.243. The Balaban J connectivity index is 1.87. The van der Waals surface area contributed by atoms with Gasteiger partial charge in [-0.05, 0) is 55.3 Å². The third kappa shape index (κ3) is 3.96. The minimum atomic E-state index is -0.418. The molecule has 5 nitrogen and oxygen atoms in total. The fraction of sp³-hybridized carbons (Fsp3) is 0.318. The standard InChI is InChI=1S/C22H20BrClN2O3/c23-15-8-11-19-18(12-15)21(28)26(17-4-2-1-3-5-17)22(29)25(19)13-20(27)14-6-9-16(24)10-7-14/h6-12,17H,1-5,13H2. The van der Waals surface area contributed by atoms with E-state index in [0.717, 1.165) is 36.6 Å². The maximum atomic E-state index is 13.3. The summed E-state index contributed by atoms with van der Waals surface area (Å²) in [6, 6.07) is 11.7. The lowest BCUT2D eigenvalue weighted by atomic mass is 9.95. The lowest BCUT2D eigenvalue weighted by Crippen LogP contribution is -2.43. The van der Waals surface area contributed by atoms with Crippen LogP contribution < -0.4 is 11.2 Å². The molecule has 4 rings (SSSR count). The third-order valence-corrected chi connectivity index (χ3v) is 6.29. The van der Waals surface area contributed by atoms with Crippen LogP contribution in [-0.2, 0) is 6.54 Å². The normalized spacial score (nSPS) is 15.0. The molecule has 0 radical (unpaired) electrons. The van der Waals surface area contributed by atoms with E-state index in [1.54, 1.807) is 42.5 Å². The van der Waals surface area contributed by atoms with Gasteiger partial charge in [-0.2, -0.15) is 0 Å². The maximum Gasteiger partial charge on any atom is 0.332 e. The van der Waals surface area contributed by atoms with Crippen LogP contribution >= 0.6 is 27.5 Å². The molecule has 1 saturated carbocycles. The molecule has 1 fully saturated rings. The monoisotopic (exact) mass is 474 g/mol. The smallest absolute Gasteiger partial charge is 0.292 e. The van der Waals surface area contributed by atoms with Gasteiger partial charge in [-0.3, -0.25) is 18.7 Å². The van der Waals surface area contributed by atoms with E-state index in [1.165, 1.54) is 9.13 Å². The number of Topliss-reactive ketones (excluding diaryl/α,β-unsaturated/α-hetero) is 1. The molecule has 1 aliphatic rings. The zero-order valence-electron chi connectivity index (χ0n) is 15.7. The average molecular weight is 476 g/mol. The molecule has 0 spiro atoms. The van der Waals surface area contributed by atoms with Crippen LogP contribution in [0.2, 0.25) is 5.02 Å². The largest absolute Gasteiger partial charge is 0.332 e. The van der Waals surface area contributed by atoms with Gasteiger partial charge in [0.05, 0.1) is 17.4 Å². The second kappa shape index (κ2) is 8.28. The highest BCUT2D eigenvalue weighted by atomic mass is 79.9. The molecule has 0 unspecified atom stereocenters. The summed E-state index contributed by atoms with van der Waals surface area (Å²) < 4.78 is 3.55. The number of hydrogen-bond acceptors (Lipinski definition) is 3. The van der Waals surface area contributed by atoms with Crippen LogP contribution in [0.4, 0.5) is 0 Å². The number of halogens is 2. The molecule has 0 saturated heterocycles. The van der Waals surface area contributed by atoms with E-state index in [1.807, 2.05) is 0 Å². The van der Waals surface area contributed by atoms with E-state index in [2.05, 4.69) is 15.9 Å². The zero-order chi connectivity index (χ0) is 20.5. The number of benzene rings is 2. The number of hydrogen-bond donors (Lipinski definition) is 0. The zero-order valence-corrected chi connectivity index (χ0v) is 18.1. The molecule has 0 atom stereocenters. The van der Waals surface area contributed by atoms with Crippen molar-refractivity contribution >= 4 is 44.2 Å². The minimum absolute atomic E-state index is 0.121. The van der Waals surface area contributed by atoms with Gasteiger partial charge in [0.15, 0.2) is 5.78 Å². The van der Waals surface area contributed by atoms with Gasteiger partial charge in [0.25, 0.3) is 5.56 Å². The molecule has 2 aromatic carbocycles. The van der Waals surface area contributed by atoms with Crippen molar-refractivity contribution in [2.24, 2.45) is 0 Å². The van der Waals surface area contributed by atoms with Crippen LogP contribution in [-0.4, -0.2) is 14.9 Å². The molecule has 0 bridgehead atoms. The fourth-order valence-corrected chi connectivity index (χ4v) is 4.54. The van der Waals surface area contributed by atoms with Crippen LogP contribution in [0.5, 0.6) is 0 Å². The molecule has 1 aliphatic carbocycles. The van der Waals surface area contributed by atoms with Crippen molar-refractivity contribution < 1.29 is 4.79 Å². The Bertz CT molecular complexity index is 1190. The highest BCUT2D eigenvalue weighted by Crippen LogP contribution is 2.27. The number of rotatable bonds is 4. The Morgan fingerprint density at radius 2 is 1.72 bits per heavy atom. The number of nitrogens with zero attached hydrogens (tertiary/aromatic N) is 2. The quantitative estimate of drug-likeness (QED) is 0.501. The topological polar surface area (TPSA) is 61.1 Å². The van der Waals surface area contributed by atoms with Crippen LogP contribution in [0.25, 0.3) is 10.9 Å². The summed E-state index contributed by atoms with van der Waals surface area (Å²) >= 11 is 9.32. The minimum Gasteiger partial charge on any atom is -0.292 e. The molecular formula is C22H20BrClN2O3. The van der Waals surface area contributed by atoms with Crippen molar-refractivity contribution in [3.8, 4) is 0 Å². The van der Waals surface area contributed by atoms with Crippen molar-refractivity contribution in [3.05, 3.63) is 78.4 Å². The van der Waals surface area contributed by atoms with E-state index in [4.69, 9.17) is 11.6 Å². The third-order valence-electron chi connectivity index (χ3n) is 5.54. The Kier molecular flexibility index (Phi) is 5.74. The van der Waals surface area contributed by atoms with Gasteiger partial charge < -0.3 is 0 Å². The van der Waals surface area contributed by atoms with Crippen LogP contribution in [0.1, 0.15) is 48.5 Å². The van der Waals surface area contributed by atoms with E-state index in [9.17, 15) is 14.4 Å². The molecule has 150 valence electrons. The van der Waals surface area contributed by atoms with Crippen LogP contribution in [0.3, 0.4) is 0 Å². The highest BCUT2D eigenvalue weighted by Gasteiger charge is 2.23. The highest BCUT2D eigenvalue weighted by molar-refractivity contribution is 9.10.